The van der Waals surface area contributed by atoms with Gasteiger partial charge >= 0.3 is 5.97 Å². The largest absolute Gasteiger partial charge is 0.465 e. The highest BCUT2D eigenvalue weighted by atomic mass is 32.2. The molecule has 0 radical (unpaired) electrons. The topological polar surface area (TPSA) is 72.5 Å². The van der Waals surface area contributed by atoms with Gasteiger partial charge in [-0.15, -0.1) is 0 Å². The Morgan fingerprint density at radius 1 is 1.35 bits per heavy atom. The molecule has 1 saturated carbocycles. The first-order chi connectivity index (χ1) is 10.9. The maximum Gasteiger partial charge on any atom is 0.338 e. The third kappa shape index (κ3) is 4.96. The first-order valence-electron chi connectivity index (χ1n) is 7.74. The van der Waals surface area contributed by atoms with Crippen molar-refractivity contribution in [1.82, 2.24) is 4.72 Å². The molecule has 0 unspecified atom stereocenters. The lowest BCUT2D eigenvalue weighted by atomic mass is 10.1. The van der Waals surface area contributed by atoms with Crippen LogP contribution in [0.25, 0.3) is 0 Å². The molecular formula is C16H23NO4S2. The summed E-state index contributed by atoms with van der Waals surface area (Å²) in [5.41, 5.74) is 0.961. The molecule has 0 heterocycles. The number of carbonyl (C=O) groups is 1. The smallest absolute Gasteiger partial charge is 0.338 e. The van der Waals surface area contributed by atoms with Crippen molar-refractivity contribution in [2.24, 2.45) is 0 Å². The molecule has 1 aromatic rings. The number of aryl methyl sites for hydroxylation is 1. The van der Waals surface area contributed by atoms with Crippen LogP contribution in [-0.4, -0.2) is 39.0 Å². The summed E-state index contributed by atoms with van der Waals surface area (Å²) in [5, 5.41) is 0.671. The lowest BCUT2D eigenvalue weighted by molar-refractivity contribution is 0.0599. The summed E-state index contributed by atoms with van der Waals surface area (Å²) in [6, 6.07) is 4.50. The van der Waals surface area contributed by atoms with E-state index < -0.39 is 16.0 Å². The molecule has 0 bridgehead atoms. The molecule has 0 atom stereocenters. The van der Waals surface area contributed by atoms with E-state index in [4.69, 9.17) is 0 Å². The molecule has 1 fully saturated rings. The second-order valence-corrected chi connectivity index (χ2v) is 8.82. The van der Waals surface area contributed by atoms with Crippen molar-refractivity contribution in [1.29, 1.82) is 0 Å². The van der Waals surface area contributed by atoms with Gasteiger partial charge in [0, 0.05) is 17.5 Å². The number of methoxy groups -OCH3 is 1. The SMILES string of the molecule is COC(=O)c1cc(S(=O)(=O)NCCSC2CCCC2)ccc1C. The minimum absolute atomic E-state index is 0.0920. The zero-order valence-electron chi connectivity index (χ0n) is 13.5. The van der Waals surface area contributed by atoms with Gasteiger partial charge in [-0.3, -0.25) is 0 Å². The molecule has 1 aliphatic carbocycles. The predicted octanol–water partition coefficient (Wildman–Crippen LogP) is 2.74. The summed E-state index contributed by atoms with van der Waals surface area (Å²) < 4.78 is 31.9. The standard InChI is InChI=1S/C16H23NO4S2/c1-12-7-8-14(11-15(12)16(18)21-2)23(19,20)17-9-10-22-13-5-3-4-6-13/h7-8,11,13,17H,3-6,9-10H2,1-2H3. The molecule has 1 aromatic carbocycles. The Balaban J connectivity index is 1.97. The van der Waals surface area contributed by atoms with E-state index in [-0.39, 0.29) is 10.5 Å². The Labute approximate surface area is 142 Å². The van der Waals surface area contributed by atoms with Crippen molar-refractivity contribution in [3.05, 3.63) is 29.3 Å². The van der Waals surface area contributed by atoms with Crippen LogP contribution in [0.3, 0.4) is 0 Å². The molecule has 1 N–H and O–H groups in total. The molecule has 1 aliphatic rings. The number of thioether (sulfide) groups is 1. The van der Waals surface area contributed by atoms with Gasteiger partial charge in [0.1, 0.15) is 0 Å². The Hall–Kier alpha value is -1.05. The van der Waals surface area contributed by atoms with Crippen molar-refractivity contribution < 1.29 is 17.9 Å². The van der Waals surface area contributed by atoms with E-state index in [1.165, 1.54) is 44.9 Å². The predicted molar refractivity (Wildman–Crippen MR) is 92.4 cm³/mol. The maximum atomic E-state index is 12.3. The van der Waals surface area contributed by atoms with Crippen LogP contribution in [0.15, 0.2) is 23.1 Å². The lowest BCUT2D eigenvalue weighted by Crippen LogP contribution is -2.26. The Kier molecular flexibility index (Phi) is 6.50. The number of hydrogen-bond acceptors (Lipinski definition) is 5. The van der Waals surface area contributed by atoms with Gasteiger partial charge in [-0.25, -0.2) is 17.9 Å². The minimum Gasteiger partial charge on any atom is -0.465 e. The number of sulfonamides is 1. The van der Waals surface area contributed by atoms with Crippen LogP contribution in [-0.2, 0) is 14.8 Å². The summed E-state index contributed by atoms with van der Waals surface area (Å²) in [6.45, 7) is 2.14. The number of benzene rings is 1. The summed E-state index contributed by atoms with van der Waals surface area (Å²) in [7, 11) is -2.33. The molecule has 0 spiro atoms. The summed E-state index contributed by atoms with van der Waals surface area (Å²) >= 11 is 1.83. The molecule has 128 valence electrons. The summed E-state index contributed by atoms with van der Waals surface area (Å²) in [5.74, 6) is 0.232. The Morgan fingerprint density at radius 3 is 2.70 bits per heavy atom. The van der Waals surface area contributed by atoms with Gasteiger partial charge in [-0.2, -0.15) is 11.8 Å². The van der Waals surface area contributed by atoms with E-state index in [1.54, 1.807) is 13.0 Å². The van der Waals surface area contributed by atoms with E-state index in [0.717, 1.165) is 5.75 Å². The molecule has 0 amide bonds. The van der Waals surface area contributed by atoms with Crippen molar-refractivity contribution in [2.75, 3.05) is 19.4 Å². The van der Waals surface area contributed by atoms with Crippen LogP contribution in [0.1, 0.15) is 41.6 Å². The second-order valence-electron chi connectivity index (χ2n) is 5.64. The van der Waals surface area contributed by atoms with Crippen molar-refractivity contribution in [3.63, 3.8) is 0 Å². The lowest BCUT2D eigenvalue weighted by Gasteiger charge is -2.11. The summed E-state index contributed by atoms with van der Waals surface area (Å²) in [6.07, 6.45) is 5.03. The van der Waals surface area contributed by atoms with Crippen LogP contribution < -0.4 is 4.72 Å². The average Bonchev–Trinajstić information content (AvgIpc) is 3.04. The second kappa shape index (κ2) is 8.17. The quantitative estimate of drug-likeness (QED) is 0.600. The van der Waals surface area contributed by atoms with Gasteiger partial charge in [-0.05, 0) is 37.5 Å². The fraction of sp³-hybridized carbons (Fsp3) is 0.562. The number of rotatable bonds is 7. The molecule has 7 heteroatoms. The molecule has 0 saturated heterocycles. The Morgan fingerprint density at radius 2 is 2.04 bits per heavy atom. The zero-order chi connectivity index (χ0) is 16.9. The van der Waals surface area contributed by atoms with E-state index in [0.29, 0.717) is 17.4 Å². The monoisotopic (exact) mass is 357 g/mol. The summed E-state index contributed by atoms with van der Waals surface area (Å²) in [4.78, 5) is 11.8. The van der Waals surface area contributed by atoms with Gasteiger partial charge in [0.25, 0.3) is 0 Å². The molecule has 0 aromatic heterocycles. The number of carbonyl (C=O) groups excluding carboxylic acids is 1. The average molecular weight is 357 g/mol. The van der Waals surface area contributed by atoms with Crippen LogP contribution in [0, 0.1) is 6.92 Å². The molecular weight excluding hydrogens is 334 g/mol. The van der Waals surface area contributed by atoms with Gasteiger partial charge in [0.15, 0.2) is 0 Å². The third-order valence-electron chi connectivity index (χ3n) is 3.97. The Bertz CT molecular complexity index is 652. The highest BCUT2D eigenvalue weighted by molar-refractivity contribution is 8.00. The fourth-order valence-corrected chi connectivity index (χ4v) is 5.04. The van der Waals surface area contributed by atoms with Crippen molar-refractivity contribution in [3.8, 4) is 0 Å². The number of hydrogen-bond donors (Lipinski definition) is 1. The van der Waals surface area contributed by atoms with Crippen molar-refractivity contribution >= 4 is 27.8 Å². The maximum absolute atomic E-state index is 12.3. The van der Waals surface area contributed by atoms with Crippen LogP contribution in [0.4, 0.5) is 0 Å². The van der Waals surface area contributed by atoms with Crippen LogP contribution in [0.5, 0.6) is 0 Å². The molecule has 23 heavy (non-hydrogen) atoms. The first kappa shape index (κ1) is 18.3. The van der Waals surface area contributed by atoms with Gasteiger partial charge < -0.3 is 4.74 Å². The van der Waals surface area contributed by atoms with Crippen LogP contribution >= 0.6 is 11.8 Å². The van der Waals surface area contributed by atoms with Gasteiger partial charge in [0.2, 0.25) is 10.0 Å². The number of nitrogens with one attached hydrogen (secondary N) is 1. The zero-order valence-corrected chi connectivity index (χ0v) is 15.1. The third-order valence-corrected chi connectivity index (χ3v) is 6.82. The highest BCUT2D eigenvalue weighted by Gasteiger charge is 2.19. The number of esters is 1. The van der Waals surface area contributed by atoms with Gasteiger partial charge in [-0.1, -0.05) is 18.9 Å². The number of ether oxygens (including phenoxy) is 1. The first-order valence-corrected chi connectivity index (χ1v) is 10.3. The molecule has 0 aliphatic heterocycles. The molecule has 5 nitrogen and oxygen atoms in total. The van der Waals surface area contributed by atoms with Crippen molar-refractivity contribution in [2.45, 2.75) is 42.8 Å². The van der Waals surface area contributed by atoms with Gasteiger partial charge in [0.05, 0.1) is 17.6 Å². The molecule has 2 rings (SSSR count). The highest BCUT2D eigenvalue weighted by Crippen LogP contribution is 2.29. The van der Waals surface area contributed by atoms with Crippen LogP contribution in [0.2, 0.25) is 0 Å². The minimum atomic E-state index is -3.61. The fourth-order valence-electron chi connectivity index (χ4n) is 2.64. The normalized spacial score (nSPS) is 15.7. The van der Waals surface area contributed by atoms with E-state index in [9.17, 15) is 13.2 Å². The van der Waals surface area contributed by atoms with E-state index >= 15 is 0 Å². The van der Waals surface area contributed by atoms with E-state index in [2.05, 4.69) is 9.46 Å². The van der Waals surface area contributed by atoms with E-state index in [1.807, 2.05) is 11.8 Å².